The van der Waals surface area contributed by atoms with Crippen LogP contribution >= 0.6 is 0 Å². The molecule has 0 aliphatic carbocycles. The molecule has 1 N–H and O–H groups in total. The Morgan fingerprint density at radius 2 is 2.12 bits per heavy atom. The van der Waals surface area contributed by atoms with Gasteiger partial charge in [0.15, 0.2) is 0 Å². The lowest BCUT2D eigenvalue weighted by Gasteiger charge is -1.99. The zero-order valence-electron chi connectivity index (χ0n) is 9.66. The summed E-state index contributed by atoms with van der Waals surface area (Å²) in [6, 6.07) is 8.11. The molecule has 3 nitrogen and oxygen atoms in total. The van der Waals surface area contributed by atoms with Gasteiger partial charge in [0.05, 0.1) is 6.20 Å². The number of aryl methyl sites for hydroxylation is 1. The number of benzene rings is 1. The van der Waals surface area contributed by atoms with Gasteiger partial charge in [0, 0.05) is 18.5 Å². The second-order valence-corrected chi connectivity index (χ2v) is 3.80. The lowest BCUT2D eigenvalue weighted by molar-refractivity contribution is 0.512. The Morgan fingerprint density at radius 3 is 2.88 bits per heavy atom. The van der Waals surface area contributed by atoms with Crippen LogP contribution < -0.4 is 5.32 Å². The highest BCUT2D eigenvalue weighted by Crippen LogP contribution is 2.22. The first-order chi connectivity index (χ1) is 7.81. The van der Waals surface area contributed by atoms with Crippen molar-refractivity contribution < 1.29 is 4.42 Å². The zero-order valence-corrected chi connectivity index (χ0v) is 9.66. The van der Waals surface area contributed by atoms with E-state index in [4.69, 9.17) is 4.42 Å². The smallest absolute Gasteiger partial charge is 0.226 e. The van der Waals surface area contributed by atoms with Gasteiger partial charge in [-0.1, -0.05) is 18.2 Å². The largest absolute Gasteiger partial charge is 0.441 e. The number of oxazole rings is 1. The predicted octanol–water partition coefficient (Wildman–Crippen LogP) is 2.41. The third-order valence-corrected chi connectivity index (χ3v) is 2.55. The van der Waals surface area contributed by atoms with Gasteiger partial charge in [0.2, 0.25) is 5.89 Å². The lowest BCUT2D eigenvalue weighted by atomic mass is 10.1. The number of rotatable bonds is 4. The van der Waals surface area contributed by atoms with Gasteiger partial charge in [-0.15, -0.1) is 0 Å². The van der Waals surface area contributed by atoms with E-state index in [0.717, 1.165) is 24.3 Å². The lowest BCUT2D eigenvalue weighted by Crippen LogP contribution is -2.09. The van der Waals surface area contributed by atoms with Gasteiger partial charge >= 0.3 is 0 Å². The molecule has 3 heteroatoms. The summed E-state index contributed by atoms with van der Waals surface area (Å²) in [6.07, 6.45) is 2.68. The molecule has 0 aliphatic heterocycles. The van der Waals surface area contributed by atoms with Crippen LogP contribution in [0, 0.1) is 6.92 Å². The minimum absolute atomic E-state index is 0.712. The maximum atomic E-state index is 5.70. The minimum Gasteiger partial charge on any atom is -0.441 e. The Morgan fingerprint density at radius 1 is 1.31 bits per heavy atom. The van der Waals surface area contributed by atoms with Gasteiger partial charge in [0.1, 0.15) is 5.76 Å². The number of hydrogen-bond donors (Lipinski definition) is 1. The highest BCUT2D eigenvalue weighted by Gasteiger charge is 2.07. The van der Waals surface area contributed by atoms with Gasteiger partial charge in [-0.05, 0) is 25.6 Å². The van der Waals surface area contributed by atoms with E-state index in [1.807, 2.05) is 25.2 Å². The number of nitrogens with zero attached hydrogens (tertiary/aromatic N) is 1. The first kappa shape index (κ1) is 10.9. The van der Waals surface area contributed by atoms with Crippen LogP contribution in [-0.4, -0.2) is 18.6 Å². The third kappa shape index (κ3) is 2.31. The molecule has 0 atom stereocenters. The normalized spacial score (nSPS) is 10.6. The highest BCUT2D eigenvalue weighted by molar-refractivity contribution is 5.57. The fourth-order valence-corrected chi connectivity index (χ4v) is 1.61. The van der Waals surface area contributed by atoms with Crippen molar-refractivity contribution >= 4 is 0 Å². The van der Waals surface area contributed by atoms with Crippen LogP contribution in [0.5, 0.6) is 0 Å². The Kier molecular flexibility index (Phi) is 3.37. The van der Waals surface area contributed by atoms with Crippen molar-refractivity contribution in [3.63, 3.8) is 0 Å². The maximum absolute atomic E-state index is 5.70. The number of likely N-dealkylation sites (N-methyl/N-ethyl adjacent to an activating group) is 1. The molecule has 0 bridgehead atoms. The van der Waals surface area contributed by atoms with Crippen LogP contribution in [0.15, 0.2) is 34.9 Å². The van der Waals surface area contributed by atoms with Crippen LogP contribution in [0.1, 0.15) is 11.3 Å². The molecule has 16 heavy (non-hydrogen) atoms. The summed E-state index contributed by atoms with van der Waals surface area (Å²) < 4.78 is 5.70. The molecule has 2 rings (SSSR count). The molecule has 0 unspecified atom stereocenters. The molecule has 84 valence electrons. The van der Waals surface area contributed by atoms with Crippen molar-refractivity contribution in [1.82, 2.24) is 10.3 Å². The van der Waals surface area contributed by atoms with E-state index in [9.17, 15) is 0 Å². The monoisotopic (exact) mass is 216 g/mol. The van der Waals surface area contributed by atoms with Gasteiger partial charge in [0.25, 0.3) is 0 Å². The Labute approximate surface area is 95.5 Å². The molecule has 0 saturated heterocycles. The van der Waals surface area contributed by atoms with Crippen LogP contribution in [0.25, 0.3) is 11.5 Å². The van der Waals surface area contributed by atoms with Crippen molar-refractivity contribution in [3.05, 3.63) is 41.8 Å². The molecule has 0 amide bonds. The van der Waals surface area contributed by atoms with Gasteiger partial charge in [-0.3, -0.25) is 0 Å². The number of hydrogen-bond acceptors (Lipinski definition) is 3. The average Bonchev–Trinajstić information content (AvgIpc) is 2.75. The summed E-state index contributed by atoms with van der Waals surface area (Å²) in [4.78, 5) is 4.31. The second-order valence-electron chi connectivity index (χ2n) is 3.80. The van der Waals surface area contributed by atoms with Crippen molar-refractivity contribution in [3.8, 4) is 11.5 Å². The van der Waals surface area contributed by atoms with E-state index >= 15 is 0 Å². The molecule has 2 aromatic rings. The summed E-state index contributed by atoms with van der Waals surface area (Å²) in [7, 11) is 1.93. The fraction of sp³-hybridized carbons (Fsp3) is 0.308. The van der Waals surface area contributed by atoms with Crippen LogP contribution in [0.4, 0.5) is 0 Å². The van der Waals surface area contributed by atoms with Crippen LogP contribution in [0.2, 0.25) is 0 Å². The van der Waals surface area contributed by atoms with E-state index in [1.165, 1.54) is 5.56 Å². The molecular formula is C13H16N2O. The van der Waals surface area contributed by atoms with E-state index in [0.29, 0.717) is 5.89 Å². The first-order valence-corrected chi connectivity index (χ1v) is 5.46. The standard InChI is InChI=1S/C13H16N2O/c1-10-5-3-4-6-12(10)13-15-9-11(16-13)7-8-14-2/h3-6,9,14H,7-8H2,1-2H3. The minimum atomic E-state index is 0.712. The zero-order chi connectivity index (χ0) is 11.4. The summed E-state index contributed by atoms with van der Waals surface area (Å²) in [5, 5.41) is 3.09. The third-order valence-electron chi connectivity index (χ3n) is 2.55. The highest BCUT2D eigenvalue weighted by atomic mass is 16.4. The summed E-state index contributed by atoms with van der Waals surface area (Å²) >= 11 is 0. The van der Waals surface area contributed by atoms with Crippen molar-refractivity contribution in [2.75, 3.05) is 13.6 Å². The maximum Gasteiger partial charge on any atom is 0.226 e. The van der Waals surface area contributed by atoms with E-state index in [-0.39, 0.29) is 0 Å². The fourth-order valence-electron chi connectivity index (χ4n) is 1.61. The van der Waals surface area contributed by atoms with Crippen molar-refractivity contribution in [2.45, 2.75) is 13.3 Å². The molecule has 1 aromatic carbocycles. The van der Waals surface area contributed by atoms with Crippen LogP contribution in [-0.2, 0) is 6.42 Å². The molecule has 0 radical (unpaired) electrons. The first-order valence-electron chi connectivity index (χ1n) is 5.46. The Hall–Kier alpha value is -1.61. The van der Waals surface area contributed by atoms with Crippen molar-refractivity contribution in [1.29, 1.82) is 0 Å². The van der Waals surface area contributed by atoms with Crippen molar-refractivity contribution in [2.24, 2.45) is 0 Å². The van der Waals surface area contributed by atoms with E-state index in [1.54, 1.807) is 6.20 Å². The average molecular weight is 216 g/mol. The molecular weight excluding hydrogens is 200 g/mol. The summed E-state index contributed by atoms with van der Waals surface area (Å²) in [6.45, 7) is 2.97. The van der Waals surface area contributed by atoms with E-state index < -0.39 is 0 Å². The Bertz CT molecular complexity index is 462. The summed E-state index contributed by atoms with van der Waals surface area (Å²) in [5.74, 6) is 1.64. The second kappa shape index (κ2) is 4.94. The molecule has 0 saturated carbocycles. The SMILES string of the molecule is CNCCc1cnc(-c2ccccc2C)o1. The summed E-state index contributed by atoms with van der Waals surface area (Å²) in [5.41, 5.74) is 2.25. The molecule has 1 heterocycles. The molecule has 1 aromatic heterocycles. The molecule has 0 aliphatic rings. The van der Waals surface area contributed by atoms with Gasteiger partial charge in [-0.25, -0.2) is 4.98 Å². The Balaban J connectivity index is 2.22. The quantitative estimate of drug-likeness (QED) is 0.853. The number of aromatic nitrogens is 1. The topological polar surface area (TPSA) is 38.1 Å². The molecule has 0 spiro atoms. The van der Waals surface area contributed by atoms with Gasteiger partial charge in [-0.2, -0.15) is 0 Å². The van der Waals surface area contributed by atoms with E-state index in [2.05, 4.69) is 23.3 Å². The number of nitrogens with one attached hydrogen (secondary N) is 1. The van der Waals surface area contributed by atoms with Gasteiger partial charge < -0.3 is 9.73 Å². The molecule has 0 fully saturated rings. The van der Waals surface area contributed by atoms with Crippen LogP contribution in [0.3, 0.4) is 0 Å². The predicted molar refractivity (Wildman–Crippen MR) is 64.3 cm³/mol.